The van der Waals surface area contributed by atoms with Gasteiger partial charge in [-0.3, -0.25) is 15.6 Å². The van der Waals surface area contributed by atoms with Crippen molar-refractivity contribution in [2.24, 2.45) is 5.92 Å². The van der Waals surface area contributed by atoms with Crippen molar-refractivity contribution < 1.29 is 42.3 Å². The molecule has 0 amide bonds. The van der Waals surface area contributed by atoms with Crippen LogP contribution in [0.2, 0.25) is 0 Å². The van der Waals surface area contributed by atoms with Crippen LogP contribution in [0.4, 0.5) is 0 Å². The third-order valence-corrected chi connectivity index (χ3v) is 3.40. The molecule has 3 nitrogen and oxygen atoms in total. The smallest absolute Gasteiger partial charge is 0.262 e. The number of nitrogens with zero attached hydrogens (tertiary/aromatic N) is 1. The molecule has 0 saturated heterocycles. The van der Waals surface area contributed by atoms with Crippen molar-refractivity contribution in [3.8, 4) is 0 Å². The SMILES string of the molecule is O=[C-]C1Cc2ccn(C(=O)c3ccccc3)c2C1.[Y]. The average molecular weight is 327 g/mol. The molecule has 0 aliphatic heterocycles. The number of carbonyl (C=O) groups excluding carboxylic acids is 2. The minimum Gasteiger partial charge on any atom is -0.541 e. The van der Waals surface area contributed by atoms with Gasteiger partial charge in [0.1, 0.15) is 0 Å². The number of hydrogen-bond acceptors (Lipinski definition) is 2. The maximum absolute atomic E-state index is 12.3. The molecule has 0 saturated carbocycles. The van der Waals surface area contributed by atoms with E-state index >= 15 is 0 Å². The van der Waals surface area contributed by atoms with E-state index in [1.807, 2.05) is 30.6 Å². The number of benzene rings is 1. The second-order valence-electron chi connectivity index (χ2n) is 4.55. The van der Waals surface area contributed by atoms with E-state index in [0.29, 0.717) is 18.4 Å². The molecule has 1 unspecified atom stereocenters. The van der Waals surface area contributed by atoms with Gasteiger partial charge in [0.25, 0.3) is 5.91 Å². The second kappa shape index (κ2) is 5.93. The average Bonchev–Trinajstić information content (AvgIpc) is 2.98. The minimum atomic E-state index is -0.0916. The molecule has 1 atom stereocenters. The Morgan fingerprint density at radius 1 is 1.16 bits per heavy atom. The summed E-state index contributed by atoms with van der Waals surface area (Å²) in [5, 5.41) is 0. The van der Waals surface area contributed by atoms with Crippen molar-refractivity contribution in [1.82, 2.24) is 4.57 Å². The van der Waals surface area contributed by atoms with Crippen LogP contribution in [0.25, 0.3) is 0 Å². The standard InChI is InChI=1S/C15H12NO2.Y/c17-10-11-8-13-6-7-16(14(13)9-11)15(18)12-4-2-1-3-5-12;/h1-7,11H,8-9H2;/q-1;. The van der Waals surface area contributed by atoms with E-state index in [9.17, 15) is 9.59 Å². The summed E-state index contributed by atoms with van der Waals surface area (Å²) in [7, 11) is 0. The quantitative estimate of drug-likeness (QED) is 0.792. The van der Waals surface area contributed by atoms with Crippen molar-refractivity contribution in [3.63, 3.8) is 0 Å². The second-order valence-corrected chi connectivity index (χ2v) is 4.55. The molecule has 0 spiro atoms. The molecule has 4 heteroatoms. The molecule has 2 aromatic rings. The van der Waals surface area contributed by atoms with Crippen LogP contribution in [0.1, 0.15) is 21.6 Å². The monoisotopic (exact) mass is 327 g/mol. The molecular weight excluding hydrogens is 315 g/mol. The number of fused-ring (bicyclic) bond motifs is 1. The fraction of sp³-hybridized carbons (Fsp3) is 0.200. The van der Waals surface area contributed by atoms with Gasteiger partial charge in [0.15, 0.2) is 0 Å². The van der Waals surface area contributed by atoms with Crippen molar-refractivity contribution in [2.45, 2.75) is 12.8 Å². The van der Waals surface area contributed by atoms with E-state index in [4.69, 9.17) is 0 Å². The summed E-state index contributed by atoms with van der Waals surface area (Å²) in [6.45, 7) is 0. The third-order valence-electron chi connectivity index (χ3n) is 3.40. The Labute approximate surface area is 136 Å². The van der Waals surface area contributed by atoms with Crippen LogP contribution in [0.15, 0.2) is 42.6 Å². The Morgan fingerprint density at radius 2 is 1.89 bits per heavy atom. The molecule has 19 heavy (non-hydrogen) atoms. The van der Waals surface area contributed by atoms with Gasteiger partial charge in [0.2, 0.25) is 0 Å². The van der Waals surface area contributed by atoms with Crippen LogP contribution in [0.3, 0.4) is 0 Å². The van der Waals surface area contributed by atoms with Gasteiger partial charge in [-0.25, -0.2) is 0 Å². The third kappa shape index (κ3) is 2.63. The van der Waals surface area contributed by atoms with Gasteiger partial charge in [-0.05, 0) is 36.6 Å². The van der Waals surface area contributed by atoms with E-state index in [0.717, 1.165) is 11.3 Å². The molecule has 0 N–H and O–H groups in total. The summed E-state index contributed by atoms with van der Waals surface area (Å²) >= 11 is 0. The van der Waals surface area contributed by atoms with E-state index in [1.54, 1.807) is 22.9 Å². The zero-order valence-corrected chi connectivity index (χ0v) is 13.2. The molecule has 1 aliphatic carbocycles. The van der Waals surface area contributed by atoms with Crippen LogP contribution in [-0.2, 0) is 50.3 Å². The molecule has 3 rings (SSSR count). The molecule has 93 valence electrons. The van der Waals surface area contributed by atoms with Gasteiger partial charge in [-0.15, -0.1) is 5.92 Å². The summed E-state index contributed by atoms with van der Waals surface area (Å²) in [5.41, 5.74) is 2.71. The first kappa shape index (κ1) is 14.4. The molecular formula is C15H12NO2Y-. The number of carbonyl (C=O) groups is 1. The molecule has 1 radical (unpaired) electrons. The summed E-state index contributed by atoms with van der Waals surface area (Å²) in [5.74, 6) is -0.130. The van der Waals surface area contributed by atoms with E-state index in [1.165, 1.54) is 0 Å². The van der Waals surface area contributed by atoms with Gasteiger partial charge < -0.3 is 4.79 Å². The first-order valence-electron chi connectivity index (χ1n) is 5.96. The van der Waals surface area contributed by atoms with Crippen molar-refractivity contribution >= 4 is 12.2 Å². The molecule has 1 aromatic carbocycles. The zero-order valence-electron chi connectivity index (χ0n) is 10.4. The summed E-state index contributed by atoms with van der Waals surface area (Å²) in [4.78, 5) is 23.0. The summed E-state index contributed by atoms with van der Waals surface area (Å²) in [6.07, 6.45) is 5.14. The predicted molar refractivity (Wildman–Crippen MR) is 67.2 cm³/mol. The van der Waals surface area contributed by atoms with Gasteiger partial charge in [0, 0.05) is 50.2 Å². The van der Waals surface area contributed by atoms with Crippen LogP contribution in [0, 0.1) is 5.92 Å². The Hall–Kier alpha value is -1.06. The molecule has 1 aliphatic rings. The molecule has 0 fully saturated rings. The maximum Gasteiger partial charge on any atom is 0.262 e. The Bertz CT molecular complexity index is 604. The van der Waals surface area contributed by atoms with Crippen LogP contribution in [-0.4, -0.2) is 16.8 Å². The maximum atomic E-state index is 12.3. The van der Waals surface area contributed by atoms with Crippen molar-refractivity contribution in [3.05, 3.63) is 59.4 Å². The predicted octanol–water partition coefficient (Wildman–Crippen LogP) is 2.00. The largest absolute Gasteiger partial charge is 0.541 e. The fourth-order valence-corrected chi connectivity index (χ4v) is 2.49. The Morgan fingerprint density at radius 3 is 2.58 bits per heavy atom. The molecule has 1 heterocycles. The Kier molecular flexibility index (Phi) is 4.48. The Balaban J connectivity index is 0.00000133. The van der Waals surface area contributed by atoms with E-state index in [2.05, 4.69) is 0 Å². The van der Waals surface area contributed by atoms with Crippen molar-refractivity contribution in [2.75, 3.05) is 0 Å². The normalized spacial score (nSPS) is 16.5. The number of aromatic nitrogens is 1. The van der Waals surface area contributed by atoms with Gasteiger partial charge in [0.05, 0.1) is 0 Å². The topological polar surface area (TPSA) is 39.1 Å². The minimum absolute atomic E-state index is 0. The molecule has 1 aromatic heterocycles. The van der Waals surface area contributed by atoms with Crippen LogP contribution < -0.4 is 0 Å². The summed E-state index contributed by atoms with van der Waals surface area (Å²) in [6, 6.07) is 11.1. The van der Waals surface area contributed by atoms with E-state index < -0.39 is 0 Å². The zero-order chi connectivity index (χ0) is 12.5. The van der Waals surface area contributed by atoms with Crippen molar-refractivity contribution in [1.29, 1.82) is 0 Å². The van der Waals surface area contributed by atoms with Crippen LogP contribution >= 0.6 is 0 Å². The number of hydrogen-bond donors (Lipinski definition) is 0. The number of rotatable bonds is 2. The van der Waals surface area contributed by atoms with Crippen LogP contribution in [0.5, 0.6) is 0 Å². The summed E-state index contributed by atoms with van der Waals surface area (Å²) < 4.78 is 1.65. The van der Waals surface area contributed by atoms with E-state index in [-0.39, 0.29) is 44.5 Å². The fourth-order valence-electron chi connectivity index (χ4n) is 2.49. The first-order valence-corrected chi connectivity index (χ1v) is 5.96. The van der Waals surface area contributed by atoms with Gasteiger partial charge >= 0.3 is 0 Å². The van der Waals surface area contributed by atoms with Gasteiger partial charge in [-0.2, -0.15) is 0 Å². The first-order chi connectivity index (χ1) is 8.79. The van der Waals surface area contributed by atoms with Gasteiger partial charge in [-0.1, -0.05) is 18.2 Å². The molecule has 0 bridgehead atoms.